The van der Waals surface area contributed by atoms with Gasteiger partial charge >= 0.3 is 0 Å². The molecule has 0 heterocycles. The second kappa shape index (κ2) is 8.05. The summed E-state index contributed by atoms with van der Waals surface area (Å²) in [7, 11) is 0. The topological polar surface area (TPSA) is 12.0 Å². The summed E-state index contributed by atoms with van der Waals surface area (Å²) in [6.45, 7) is 3.12. The van der Waals surface area contributed by atoms with E-state index in [4.69, 9.17) is 34.8 Å². The van der Waals surface area contributed by atoms with Crippen molar-refractivity contribution in [3.8, 4) is 0 Å². The van der Waals surface area contributed by atoms with Crippen molar-refractivity contribution in [3.05, 3.63) is 68.7 Å². The molecule has 0 amide bonds. The molecule has 1 N–H and O–H groups in total. The van der Waals surface area contributed by atoms with E-state index in [1.165, 1.54) is 5.56 Å². The maximum absolute atomic E-state index is 6.10. The second-order valence-corrected chi connectivity index (χ2v) is 6.26. The van der Waals surface area contributed by atoms with Gasteiger partial charge in [-0.05, 0) is 54.8 Å². The van der Waals surface area contributed by atoms with E-state index in [0.717, 1.165) is 30.0 Å². The van der Waals surface area contributed by atoms with Gasteiger partial charge in [0.25, 0.3) is 0 Å². The zero-order chi connectivity index (χ0) is 15.2. The Morgan fingerprint density at radius 1 is 0.952 bits per heavy atom. The largest absolute Gasteiger partial charge is 0.310 e. The first-order valence-electron chi connectivity index (χ1n) is 7.03. The highest BCUT2D eigenvalue weighted by Crippen LogP contribution is 2.26. The van der Waals surface area contributed by atoms with Gasteiger partial charge in [-0.15, -0.1) is 0 Å². The summed E-state index contributed by atoms with van der Waals surface area (Å²) < 4.78 is 0. The van der Waals surface area contributed by atoms with Crippen LogP contribution in [0.5, 0.6) is 0 Å². The van der Waals surface area contributed by atoms with Crippen molar-refractivity contribution in [1.29, 1.82) is 0 Å². The molecule has 0 bridgehead atoms. The Kier molecular flexibility index (Phi) is 6.38. The molecule has 21 heavy (non-hydrogen) atoms. The summed E-state index contributed by atoms with van der Waals surface area (Å²) in [6.07, 6.45) is 1.95. The Morgan fingerprint density at radius 2 is 1.67 bits per heavy atom. The molecule has 2 rings (SSSR count). The number of halogens is 3. The van der Waals surface area contributed by atoms with Gasteiger partial charge < -0.3 is 5.32 Å². The fraction of sp³-hybridized carbons (Fsp3) is 0.294. The maximum Gasteiger partial charge on any atom is 0.0595 e. The second-order valence-electron chi connectivity index (χ2n) is 5.01. The summed E-state index contributed by atoms with van der Waals surface area (Å²) >= 11 is 18.0. The highest BCUT2D eigenvalue weighted by Gasteiger charge is 2.12. The third-order valence-electron chi connectivity index (χ3n) is 3.34. The molecular weight excluding hydrogens is 325 g/mol. The minimum absolute atomic E-state index is 0.236. The summed E-state index contributed by atoms with van der Waals surface area (Å²) in [5.41, 5.74) is 2.38. The predicted octanol–water partition coefficient (Wildman–Crippen LogP) is 5.93. The van der Waals surface area contributed by atoms with Crippen molar-refractivity contribution in [2.24, 2.45) is 0 Å². The molecule has 1 unspecified atom stereocenters. The van der Waals surface area contributed by atoms with E-state index in [0.29, 0.717) is 10.0 Å². The third kappa shape index (κ3) is 4.89. The molecule has 4 heteroatoms. The quantitative estimate of drug-likeness (QED) is 0.686. The van der Waals surface area contributed by atoms with E-state index < -0.39 is 0 Å². The molecule has 2 aromatic carbocycles. The Labute approximate surface area is 141 Å². The van der Waals surface area contributed by atoms with Gasteiger partial charge in [-0.25, -0.2) is 0 Å². The Balaban J connectivity index is 2.19. The Bertz CT molecular complexity index is 581. The standard InChI is InChI=1S/C17H18Cl3N/c1-2-9-21-17(13-4-6-14(18)7-5-13)11-12-3-8-15(19)16(20)10-12/h3-8,10,17,21H,2,9,11H2,1H3. The molecule has 0 fully saturated rings. The van der Waals surface area contributed by atoms with Gasteiger partial charge in [0.05, 0.1) is 10.0 Å². The van der Waals surface area contributed by atoms with Crippen LogP contribution < -0.4 is 5.32 Å². The molecule has 2 aromatic rings. The van der Waals surface area contributed by atoms with Gasteiger partial charge in [-0.3, -0.25) is 0 Å². The number of hydrogen-bond donors (Lipinski definition) is 1. The fourth-order valence-corrected chi connectivity index (χ4v) is 2.67. The number of rotatable bonds is 6. The molecule has 0 saturated heterocycles. The van der Waals surface area contributed by atoms with Crippen molar-refractivity contribution in [2.75, 3.05) is 6.54 Å². The molecule has 0 aromatic heterocycles. The van der Waals surface area contributed by atoms with E-state index in [-0.39, 0.29) is 6.04 Å². The van der Waals surface area contributed by atoms with Crippen LogP contribution in [0.25, 0.3) is 0 Å². The average Bonchev–Trinajstić information content (AvgIpc) is 2.48. The smallest absolute Gasteiger partial charge is 0.0595 e. The zero-order valence-electron chi connectivity index (χ0n) is 11.9. The van der Waals surface area contributed by atoms with Crippen LogP contribution in [-0.2, 0) is 6.42 Å². The zero-order valence-corrected chi connectivity index (χ0v) is 14.1. The molecule has 0 aliphatic rings. The van der Waals surface area contributed by atoms with Gasteiger partial charge in [0, 0.05) is 11.1 Å². The number of benzene rings is 2. The summed E-state index contributed by atoms with van der Waals surface area (Å²) in [5.74, 6) is 0. The third-order valence-corrected chi connectivity index (χ3v) is 4.33. The highest BCUT2D eigenvalue weighted by molar-refractivity contribution is 6.42. The summed E-state index contributed by atoms with van der Waals surface area (Å²) in [6, 6.07) is 14.0. The van der Waals surface area contributed by atoms with E-state index in [9.17, 15) is 0 Å². The van der Waals surface area contributed by atoms with Crippen molar-refractivity contribution in [3.63, 3.8) is 0 Å². The first kappa shape index (κ1) is 16.6. The van der Waals surface area contributed by atoms with Crippen molar-refractivity contribution in [2.45, 2.75) is 25.8 Å². The van der Waals surface area contributed by atoms with Gasteiger partial charge in [-0.2, -0.15) is 0 Å². The molecule has 1 nitrogen and oxygen atoms in total. The molecule has 0 aliphatic heterocycles. The van der Waals surface area contributed by atoms with Crippen LogP contribution in [0.15, 0.2) is 42.5 Å². The molecular formula is C17H18Cl3N. The minimum Gasteiger partial charge on any atom is -0.310 e. The SMILES string of the molecule is CCCNC(Cc1ccc(Cl)c(Cl)c1)c1ccc(Cl)cc1. The Hall–Kier alpha value is -0.730. The van der Waals surface area contributed by atoms with E-state index in [2.05, 4.69) is 24.4 Å². The van der Waals surface area contributed by atoms with E-state index >= 15 is 0 Å². The number of hydrogen-bond acceptors (Lipinski definition) is 1. The Morgan fingerprint density at radius 3 is 2.29 bits per heavy atom. The predicted molar refractivity (Wildman–Crippen MR) is 92.7 cm³/mol. The van der Waals surface area contributed by atoms with Crippen LogP contribution in [-0.4, -0.2) is 6.54 Å². The van der Waals surface area contributed by atoms with Crippen LogP contribution >= 0.6 is 34.8 Å². The average molecular weight is 343 g/mol. The van der Waals surface area contributed by atoms with E-state index in [1.807, 2.05) is 30.3 Å². The van der Waals surface area contributed by atoms with Gasteiger partial charge in [0.1, 0.15) is 0 Å². The van der Waals surface area contributed by atoms with Crippen molar-refractivity contribution in [1.82, 2.24) is 5.32 Å². The van der Waals surface area contributed by atoms with Gasteiger partial charge in [-0.1, -0.05) is 59.9 Å². The molecule has 0 spiro atoms. The van der Waals surface area contributed by atoms with Crippen LogP contribution in [0.1, 0.15) is 30.5 Å². The minimum atomic E-state index is 0.236. The van der Waals surface area contributed by atoms with Crippen LogP contribution in [0.4, 0.5) is 0 Å². The van der Waals surface area contributed by atoms with Crippen LogP contribution in [0, 0.1) is 0 Å². The lowest BCUT2D eigenvalue weighted by Crippen LogP contribution is -2.24. The lowest BCUT2D eigenvalue weighted by molar-refractivity contribution is 0.529. The summed E-state index contributed by atoms with van der Waals surface area (Å²) in [5, 5.41) is 5.51. The number of nitrogens with one attached hydrogen (secondary N) is 1. The van der Waals surface area contributed by atoms with Gasteiger partial charge in [0.2, 0.25) is 0 Å². The first-order valence-corrected chi connectivity index (χ1v) is 8.16. The highest BCUT2D eigenvalue weighted by atomic mass is 35.5. The van der Waals surface area contributed by atoms with Crippen LogP contribution in [0.3, 0.4) is 0 Å². The van der Waals surface area contributed by atoms with Crippen LogP contribution in [0.2, 0.25) is 15.1 Å². The first-order chi connectivity index (χ1) is 10.1. The fourth-order valence-electron chi connectivity index (χ4n) is 2.22. The monoisotopic (exact) mass is 341 g/mol. The lowest BCUT2D eigenvalue weighted by atomic mass is 9.99. The normalized spacial score (nSPS) is 12.4. The molecule has 0 saturated carbocycles. The molecule has 1 atom stereocenters. The maximum atomic E-state index is 6.10. The molecule has 0 radical (unpaired) electrons. The van der Waals surface area contributed by atoms with E-state index in [1.54, 1.807) is 0 Å². The molecule has 112 valence electrons. The van der Waals surface area contributed by atoms with Gasteiger partial charge in [0.15, 0.2) is 0 Å². The van der Waals surface area contributed by atoms with Crippen molar-refractivity contribution < 1.29 is 0 Å². The summed E-state index contributed by atoms with van der Waals surface area (Å²) in [4.78, 5) is 0. The lowest BCUT2D eigenvalue weighted by Gasteiger charge is -2.19. The van der Waals surface area contributed by atoms with Crippen molar-refractivity contribution >= 4 is 34.8 Å². The molecule has 0 aliphatic carbocycles.